The van der Waals surface area contributed by atoms with E-state index in [1.807, 2.05) is 6.07 Å². The monoisotopic (exact) mass is 314 g/mol. The van der Waals surface area contributed by atoms with Crippen LogP contribution in [-0.4, -0.2) is 7.11 Å². The van der Waals surface area contributed by atoms with Gasteiger partial charge < -0.3 is 4.74 Å². The molecule has 2 aromatic rings. The molecule has 0 N–H and O–H groups in total. The lowest BCUT2D eigenvalue weighted by Crippen LogP contribution is -2.13. The molecule has 120 valence electrons. The standard InChI is InChI=1S/C23H22O/c1-23(2,21-10-5-4-6-11-21)15-14-18-12-13-19-8-7-9-20(17-24-3)22(19)16-18/h4-7,9-13,16-17H,8H2,1-3H3. The molecule has 0 atom stereocenters. The average molecular weight is 314 g/mol. The minimum Gasteiger partial charge on any atom is -0.504 e. The van der Waals surface area contributed by atoms with Crippen molar-refractivity contribution in [3.8, 4) is 11.8 Å². The molecular weight excluding hydrogens is 292 g/mol. The summed E-state index contributed by atoms with van der Waals surface area (Å²) in [7, 11) is 1.68. The van der Waals surface area contributed by atoms with E-state index >= 15 is 0 Å². The molecule has 0 unspecified atom stereocenters. The highest BCUT2D eigenvalue weighted by Crippen LogP contribution is 2.27. The third-order valence-electron chi connectivity index (χ3n) is 4.32. The molecule has 0 fully saturated rings. The Kier molecular flexibility index (Phi) is 4.58. The second-order valence-corrected chi connectivity index (χ2v) is 6.53. The average Bonchev–Trinajstić information content (AvgIpc) is 2.61. The van der Waals surface area contributed by atoms with E-state index in [9.17, 15) is 0 Å². The van der Waals surface area contributed by atoms with Crippen LogP contribution in [0.1, 0.15) is 36.1 Å². The Bertz CT molecular complexity index is 843. The molecule has 1 aliphatic rings. The van der Waals surface area contributed by atoms with Gasteiger partial charge in [0.25, 0.3) is 0 Å². The van der Waals surface area contributed by atoms with E-state index < -0.39 is 0 Å². The first-order valence-corrected chi connectivity index (χ1v) is 8.22. The van der Waals surface area contributed by atoms with Crippen LogP contribution >= 0.6 is 0 Å². The van der Waals surface area contributed by atoms with Gasteiger partial charge in [0, 0.05) is 11.1 Å². The summed E-state index contributed by atoms with van der Waals surface area (Å²) in [5.74, 6) is 6.78. The summed E-state index contributed by atoms with van der Waals surface area (Å²) in [6, 6.07) is 16.9. The predicted molar refractivity (Wildman–Crippen MR) is 101 cm³/mol. The Balaban J connectivity index is 1.94. The second kappa shape index (κ2) is 6.81. The van der Waals surface area contributed by atoms with E-state index in [2.05, 4.69) is 80.3 Å². The van der Waals surface area contributed by atoms with Gasteiger partial charge >= 0.3 is 0 Å². The number of methoxy groups -OCH3 is 1. The first-order chi connectivity index (χ1) is 11.6. The van der Waals surface area contributed by atoms with Gasteiger partial charge in [0.2, 0.25) is 0 Å². The Morgan fingerprint density at radius 2 is 1.88 bits per heavy atom. The van der Waals surface area contributed by atoms with Crippen LogP contribution in [0.3, 0.4) is 0 Å². The van der Waals surface area contributed by atoms with Crippen molar-refractivity contribution in [2.24, 2.45) is 0 Å². The minimum absolute atomic E-state index is 0.178. The van der Waals surface area contributed by atoms with Crippen molar-refractivity contribution in [3.63, 3.8) is 0 Å². The van der Waals surface area contributed by atoms with Crippen LogP contribution in [0, 0.1) is 11.8 Å². The second-order valence-electron chi connectivity index (χ2n) is 6.53. The molecule has 0 aliphatic heterocycles. The fourth-order valence-corrected chi connectivity index (χ4v) is 2.89. The molecule has 1 nitrogen and oxygen atoms in total. The van der Waals surface area contributed by atoms with E-state index in [-0.39, 0.29) is 5.41 Å². The van der Waals surface area contributed by atoms with Crippen LogP contribution < -0.4 is 0 Å². The van der Waals surface area contributed by atoms with Crippen molar-refractivity contribution in [1.29, 1.82) is 0 Å². The molecule has 0 heterocycles. The lowest BCUT2D eigenvalue weighted by Gasteiger charge is -2.18. The van der Waals surface area contributed by atoms with E-state index in [1.54, 1.807) is 13.4 Å². The van der Waals surface area contributed by atoms with Gasteiger partial charge in [-0.2, -0.15) is 0 Å². The van der Waals surface area contributed by atoms with E-state index in [1.165, 1.54) is 16.7 Å². The third-order valence-corrected chi connectivity index (χ3v) is 4.32. The van der Waals surface area contributed by atoms with Crippen LogP contribution in [0.25, 0.3) is 5.57 Å². The molecular formula is C23H22O. The molecule has 0 bridgehead atoms. The Hall–Kier alpha value is -2.72. The molecule has 0 saturated carbocycles. The smallest absolute Gasteiger partial charge is 0.0903 e. The molecule has 0 amide bonds. The van der Waals surface area contributed by atoms with Gasteiger partial charge in [-0.25, -0.2) is 0 Å². The molecule has 0 aromatic heterocycles. The number of rotatable bonds is 2. The zero-order valence-corrected chi connectivity index (χ0v) is 14.5. The summed E-state index contributed by atoms with van der Waals surface area (Å²) in [6.45, 7) is 4.32. The van der Waals surface area contributed by atoms with Gasteiger partial charge in [-0.1, -0.05) is 60.4 Å². The maximum atomic E-state index is 5.20. The lowest BCUT2D eigenvalue weighted by atomic mass is 9.85. The Morgan fingerprint density at radius 1 is 1.08 bits per heavy atom. The number of hydrogen-bond donors (Lipinski definition) is 0. The molecule has 24 heavy (non-hydrogen) atoms. The molecule has 3 rings (SSSR count). The summed E-state index contributed by atoms with van der Waals surface area (Å²) < 4.78 is 5.20. The van der Waals surface area contributed by atoms with Crippen molar-refractivity contribution in [3.05, 3.63) is 89.2 Å². The fraction of sp³-hybridized carbons (Fsp3) is 0.217. The minimum atomic E-state index is -0.178. The van der Waals surface area contributed by atoms with Crippen LogP contribution in [0.15, 0.2) is 66.9 Å². The van der Waals surface area contributed by atoms with Crippen LogP contribution in [-0.2, 0) is 16.6 Å². The maximum Gasteiger partial charge on any atom is 0.0903 e. The SMILES string of the molecule is COC=C1C=CCc2ccc(C#CC(C)(C)c3ccccc3)cc21. The number of fused-ring (bicyclic) bond motifs is 1. The van der Waals surface area contributed by atoms with Crippen molar-refractivity contribution in [1.82, 2.24) is 0 Å². The zero-order valence-electron chi connectivity index (χ0n) is 14.5. The van der Waals surface area contributed by atoms with Crippen LogP contribution in [0.4, 0.5) is 0 Å². The van der Waals surface area contributed by atoms with Crippen LogP contribution in [0.2, 0.25) is 0 Å². The third kappa shape index (κ3) is 3.44. The van der Waals surface area contributed by atoms with E-state index in [0.717, 1.165) is 17.6 Å². The number of hydrogen-bond acceptors (Lipinski definition) is 1. The molecule has 0 radical (unpaired) electrons. The zero-order chi connectivity index (χ0) is 17.0. The van der Waals surface area contributed by atoms with Gasteiger partial charge in [0.15, 0.2) is 0 Å². The normalized spacial score (nSPS) is 14.7. The van der Waals surface area contributed by atoms with Crippen molar-refractivity contribution >= 4 is 5.57 Å². The summed E-state index contributed by atoms with van der Waals surface area (Å²) >= 11 is 0. The van der Waals surface area contributed by atoms with Gasteiger partial charge in [0.05, 0.1) is 18.8 Å². The quantitative estimate of drug-likeness (QED) is 0.552. The molecule has 0 saturated heterocycles. The molecule has 2 aromatic carbocycles. The molecule has 0 spiro atoms. The summed E-state index contributed by atoms with van der Waals surface area (Å²) in [6.07, 6.45) is 7.02. The molecule has 1 aliphatic carbocycles. The summed E-state index contributed by atoms with van der Waals surface area (Å²) in [4.78, 5) is 0. The Labute approximate surface area is 144 Å². The first kappa shape index (κ1) is 16.1. The number of benzene rings is 2. The van der Waals surface area contributed by atoms with E-state index in [4.69, 9.17) is 4.74 Å². The number of ether oxygens (including phenoxy) is 1. The highest BCUT2D eigenvalue weighted by Gasteiger charge is 2.17. The van der Waals surface area contributed by atoms with Gasteiger partial charge in [0.1, 0.15) is 0 Å². The lowest BCUT2D eigenvalue weighted by molar-refractivity contribution is 0.340. The van der Waals surface area contributed by atoms with Crippen LogP contribution in [0.5, 0.6) is 0 Å². The first-order valence-electron chi connectivity index (χ1n) is 8.22. The van der Waals surface area contributed by atoms with Crippen molar-refractivity contribution in [2.45, 2.75) is 25.7 Å². The maximum absolute atomic E-state index is 5.20. The fourth-order valence-electron chi connectivity index (χ4n) is 2.89. The predicted octanol–water partition coefficient (Wildman–Crippen LogP) is 5.12. The van der Waals surface area contributed by atoms with Gasteiger partial charge in [-0.15, -0.1) is 0 Å². The topological polar surface area (TPSA) is 9.23 Å². The van der Waals surface area contributed by atoms with E-state index in [0.29, 0.717) is 0 Å². The largest absolute Gasteiger partial charge is 0.504 e. The molecule has 1 heteroatoms. The highest BCUT2D eigenvalue weighted by molar-refractivity contribution is 5.78. The van der Waals surface area contributed by atoms with Gasteiger partial charge in [-0.3, -0.25) is 0 Å². The van der Waals surface area contributed by atoms with Crippen molar-refractivity contribution in [2.75, 3.05) is 7.11 Å². The van der Waals surface area contributed by atoms with Gasteiger partial charge in [-0.05, 0) is 49.1 Å². The highest BCUT2D eigenvalue weighted by atomic mass is 16.5. The summed E-state index contributed by atoms with van der Waals surface area (Å²) in [5, 5.41) is 0. The van der Waals surface area contributed by atoms with Crippen molar-refractivity contribution < 1.29 is 4.74 Å². The Morgan fingerprint density at radius 3 is 2.62 bits per heavy atom. The summed E-state index contributed by atoms with van der Waals surface area (Å²) in [5.41, 5.74) is 5.72. The number of allylic oxidation sites excluding steroid dienone is 3.